The summed E-state index contributed by atoms with van der Waals surface area (Å²) in [5, 5.41) is 14.7. The van der Waals surface area contributed by atoms with Crippen molar-refractivity contribution in [2.45, 2.75) is 52.5 Å². The van der Waals surface area contributed by atoms with Gasteiger partial charge in [0.15, 0.2) is 0 Å². The van der Waals surface area contributed by atoms with Crippen molar-refractivity contribution >= 4 is 12.0 Å². The van der Waals surface area contributed by atoms with Gasteiger partial charge < -0.3 is 15.7 Å². The third-order valence-electron chi connectivity index (χ3n) is 3.70. The van der Waals surface area contributed by atoms with Crippen LogP contribution in [0.3, 0.4) is 0 Å². The summed E-state index contributed by atoms with van der Waals surface area (Å²) in [6, 6.07) is -0.0527. The first kappa shape index (κ1) is 15.8. The average molecular weight is 270 g/mol. The molecule has 19 heavy (non-hydrogen) atoms. The van der Waals surface area contributed by atoms with Gasteiger partial charge in [0.1, 0.15) is 0 Å². The lowest BCUT2D eigenvalue weighted by molar-refractivity contribution is -0.142. The van der Waals surface area contributed by atoms with Gasteiger partial charge in [0.05, 0.1) is 5.92 Å². The van der Waals surface area contributed by atoms with E-state index in [0.717, 1.165) is 25.7 Å². The van der Waals surface area contributed by atoms with Crippen molar-refractivity contribution in [1.29, 1.82) is 0 Å². The van der Waals surface area contributed by atoms with Gasteiger partial charge in [0.2, 0.25) is 0 Å². The summed E-state index contributed by atoms with van der Waals surface area (Å²) in [5.41, 5.74) is 0. The Balaban J connectivity index is 2.28. The van der Waals surface area contributed by atoms with Gasteiger partial charge in [-0.25, -0.2) is 4.79 Å². The van der Waals surface area contributed by atoms with Crippen molar-refractivity contribution in [2.75, 3.05) is 6.54 Å². The highest BCUT2D eigenvalue weighted by molar-refractivity contribution is 5.74. The molecule has 1 aliphatic carbocycles. The molecule has 0 aromatic rings. The first-order valence-electron chi connectivity index (χ1n) is 7.17. The van der Waals surface area contributed by atoms with E-state index in [1.165, 1.54) is 0 Å². The molecule has 2 amide bonds. The number of amides is 2. The lowest BCUT2D eigenvalue weighted by Crippen LogP contribution is -2.43. The number of carboxylic acid groups (broad SMARTS) is 1. The minimum absolute atomic E-state index is 0.0728. The molecule has 110 valence electrons. The largest absolute Gasteiger partial charge is 0.481 e. The van der Waals surface area contributed by atoms with E-state index in [2.05, 4.69) is 24.5 Å². The molecule has 1 aliphatic rings. The number of rotatable bonds is 6. The maximum atomic E-state index is 11.7. The van der Waals surface area contributed by atoms with E-state index in [1.54, 1.807) is 0 Å². The number of hydrogen-bond acceptors (Lipinski definition) is 2. The van der Waals surface area contributed by atoms with Crippen LogP contribution in [0.25, 0.3) is 0 Å². The number of carboxylic acids is 1. The summed E-state index contributed by atoms with van der Waals surface area (Å²) < 4.78 is 0. The molecule has 0 aromatic carbocycles. The van der Waals surface area contributed by atoms with Crippen molar-refractivity contribution < 1.29 is 14.7 Å². The number of carbonyl (C=O) groups excluding carboxylic acids is 1. The molecule has 0 radical (unpaired) electrons. The summed E-state index contributed by atoms with van der Waals surface area (Å²) in [7, 11) is 0. The molecule has 3 atom stereocenters. The Hall–Kier alpha value is -1.26. The van der Waals surface area contributed by atoms with Gasteiger partial charge in [-0.05, 0) is 38.0 Å². The molecule has 0 spiro atoms. The van der Waals surface area contributed by atoms with Gasteiger partial charge in [-0.2, -0.15) is 0 Å². The molecule has 1 rings (SSSR count). The van der Waals surface area contributed by atoms with E-state index in [1.807, 2.05) is 6.92 Å². The molecule has 1 fully saturated rings. The Kier molecular flexibility index (Phi) is 6.12. The normalized spacial score (nSPS) is 24.2. The van der Waals surface area contributed by atoms with Crippen molar-refractivity contribution in [3.05, 3.63) is 0 Å². The topological polar surface area (TPSA) is 78.4 Å². The molecule has 0 bridgehead atoms. The van der Waals surface area contributed by atoms with Crippen molar-refractivity contribution in [3.63, 3.8) is 0 Å². The molecular formula is C14H26N2O3. The third kappa shape index (κ3) is 5.49. The Morgan fingerprint density at radius 2 is 1.95 bits per heavy atom. The quantitative estimate of drug-likeness (QED) is 0.692. The zero-order valence-corrected chi connectivity index (χ0v) is 12.1. The van der Waals surface area contributed by atoms with Gasteiger partial charge in [0.25, 0.3) is 0 Å². The van der Waals surface area contributed by atoms with E-state index in [4.69, 9.17) is 5.11 Å². The molecule has 0 heterocycles. The number of urea groups is 1. The van der Waals surface area contributed by atoms with E-state index in [0.29, 0.717) is 12.5 Å². The van der Waals surface area contributed by atoms with E-state index >= 15 is 0 Å². The minimum atomic E-state index is -0.738. The van der Waals surface area contributed by atoms with Gasteiger partial charge >= 0.3 is 12.0 Å². The molecule has 0 aliphatic heterocycles. The monoisotopic (exact) mass is 270 g/mol. The van der Waals surface area contributed by atoms with Crippen molar-refractivity contribution in [1.82, 2.24) is 10.6 Å². The predicted molar refractivity (Wildman–Crippen MR) is 73.9 cm³/mol. The highest BCUT2D eigenvalue weighted by Gasteiger charge is 2.32. The second kappa shape index (κ2) is 7.36. The molecule has 5 nitrogen and oxygen atoms in total. The summed E-state index contributed by atoms with van der Waals surface area (Å²) in [6.45, 7) is 6.67. The summed E-state index contributed by atoms with van der Waals surface area (Å²) in [5.74, 6) is -0.420. The first-order chi connectivity index (χ1) is 8.90. The Bertz CT molecular complexity index is 318. The van der Waals surface area contributed by atoms with Crippen LogP contribution < -0.4 is 10.6 Å². The number of aliphatic carboxylic acids is 1. The van der Waals surface area contributed by atoms with Crippen LogP contribution in [-0.2, 0) is 4.79 Å². The van der Waals surface area contributed by atoms with E-state index in [9.17, 15) is 9.59 Å². The summed E-state index contributed by atoms with van der Waals surface area (Å²) in [4.78, 5) is 22.7. The zero-order chi connectivity index (χ0) is 14.4. The Labute approximate surface area is 115 Å². The van der Waals surface area contributed by atoms with Crippen LogP contribution in [0.15, 0.2) is 0 Å². The second-order valence-electron chi connectivity index (χ2n) is 6.02. The summed E-state index contributed by atoms with van der Waals surface area (Å²) >= 11 is 0. The van der Waals surface area contributed by atoms with Crippen LogP contribution in [0.2, 0.25) is 0 Å². The standard InChI is InChI=1S/C14H26N2O3/c1-9(2)7-10(3)16-14(19)15-8-11-5-4-6-12(11)13(17)18/h9-12H,4-8H2,1-3H3,(H,17,18)(H2,15,16,19). The number of nitrogens with one attached hydrogen (secondary N) is 2. The molecule has 1 saturated carbocycles. The van der Waals surface area contributed by atoms with E-state index in [-0.39, 0.29) is 23.9 Å². The van der Waals surface area contributed by atoms with Gasteiger partial charge in [-0.15, -0.1) is 0 Å². The van der Waals surface area contributed by atoms with Gasteiger partial charge in [-0.1, -0.05) is 20.3 Å². The fraction of sp³-hybridized carbons (Fsp3) is 0.857. The average Bonchev–Trinajstić information content (AvgIpc) is 2.73. The van der Waals surface area contributed by atoms with Gasteiger partial charge in [0, 0.05) is 12.6 Å². The summed E-state index contributed by atoms with van der Waals surface area (Å²) in [6.07, 6.45) is 3.50. The third-order valence-corrected chi connectivity index (χ3v) is 3.70. The smallest absolute Gasteiger partial charge is 0.315 e. The molecule has 5 heteroatoms. The fourth-order valence-corrected chi connectivity index (χ4v) is 2.87. The van der Waals surface area contributed by atoms with Crippen LogP contribution in [0, 0.1) is 17.8 Å². The Morgan fingerprint density at radius 3 is 2.53 bits per heavy atom. The SMILES string of the molecule is CC(C)CC(C)NC(=O)NCC1CCCC1C(=O)O. The number of hydrogen-bond donors (Lipinski definition) is 3. The van der Waals surface area contributed by atoms with E-state index < -0.39 is 5.97 Å². The molecule has 3 unspecified atom stereocenters. The van der Waals surface area contributed by atoms with Crippen LogP contribution in [-0.4, -0.2) is 29.7 Å². The highest BCUT2D eigenvalue weighted by Crippen LogP contribution is 2.31. The lowest BCUT2D eigenvalue weighted by Gasteiger charge is -2.19. The molecule has 0 saturated heterocycles. The van der Waals surface area contributed by atoms with Gasteiger partial charge in [-0.3, -0.25) is 4.79 Å². The molecule has 3 N–H and O–H groups in total. The fourth-order valence-electron chi connectivity index (χ4n) is 2.87. The maximum absolute atomic E-state index is 11.7. The number of carbonyl (C=O) groups is 2. The highest BCUT2D eigenvalue weighted by atomic mass is 16.4. The maximum Gasteiger partial charge on any atom is 0.315 e. The van der Waals surface area contributed by atoms with Crippen LogP contribution in [0.1, 0.15) is 46.5 Å². The van der Waals surface area contributed by atoms with Crippen LogP contribution in [0.4, 0.5) is 4.79 Å². The van der Waals surface area contributed by atoms with Crippen LogP contribution >= 0.6 is 0 Å². The Morgan fingerprint density at radius 1 is 1.26 bits per heavy atom. The first-order valence-corrected chi connectivity index (χ1v) is 7.17. The van der Waals surface area contributed by atoms with Crippen LogP contribution in [0.5, 0.6) is 0 Å². The second-order valence-corrected chi connectivity index (χ2v) is 6.02. The van der Waals surface area contributed by atoms with Crippen molar-refractivity contribution in [2.24, 2.45) is 17.8 Å². The van der Waals surface area contributed by atoms with Crippen molar-refractivity contribution in [3.8, 4) is 0 Å². The molecular weight excluding hydrogens is 244 g/mol. The zero-order valence-electron chi connectivity index (χ0n) is 12.1. The lowest BCUT2D eigenvalue weighted by atomic mass is 9.96. The predicted octanol–water partition coefficient (Wildman–Crippen LogP) is 2.22. The molecule has 0 aromatic heterocycles. The minimum Gasteiger partial charge on any atom is -0.481 e.